The Labute approximate surface area is 94.8 Å². The number of carbonyl (C=O) groups is 2. The molecule has 1 fully saturated rings. The normalized spacial score (nSPS) is 18.3. The van der Waals surface area contributed by atoms with Crippen LogP contribution in [0.15, 0.2) is 11.6 Å². The fourth-order valence-corrected chi connectivity index (χ4v) is 2.01. The third-order valence-corrected chi connectivity index (χ3v) is 2.93. The van der Waals surface area contributed by atoms with Crippen LogP contribution in [0.3, 0.4) is 0 Å². The molecule has 0 radical (unpaired) electrons. The van der Waals surface area contributed by atoms with E-state index in [9.17, 15) is 9.59 Å². The molecular weight excluding hydrogens is 206 g/mol. The Morgan fingerprint density at radius 2 is 1.94 bits per heavy atom. The first-order valence-corrected chi connectivity index (χ1v) is 5.32. The van der Waals surface area contributed by atoms with Crippen LogP contribution in [-0.2, 0) is 9.59 Å². The van der Waals surface area contributed by atoms with Gasteiger partial charge in [0.05, 0.1) is 0 Å². The number of nitrogens with zero attached hydrogens (tertiary/aromatic N) is 1. The van der Waals surface area contributed by atoms with E-state index in [-0.39, 0.29) is 11.8 Å². The van der Waals surface area contributed by atoms with Crippen molar-refractivity contribution in [1.82, 2.24) is 4.90 Å². The van der Waals surface area contributed by atoms with Gasteiger partial charge in [-0.1, -0.05) is 0 Å². The lowest BCUT2D eigenvalue weighted by atomic mass is 9.88. The second kappa shape index (κ2) is 5.44. The molecule has 5 heteroatoms. The molecule has 5 nitrogen and oxygen atoms in total. The second-order valence-electron chi connectivity index (χ2n) is 3.93. The number of allylic oxidation sites excluding steroid dienone is 1. The number of amides is 2. The van der Waals surface area contributed by atoms with Crippen LogP contribution in [0.4, 0.5) is 0 Å². The van der Waals surface area contributed by atoms with Gasteiger partial charge in [-0.2, -0.15) is 0 Å². The van der Waals surface area contributed by atoms with E-state index in [1.165, 1.54) is 6.08 Å². The van der Waals surface area contributed by atoms with Crippen LogP contribution in [0, 0.1) is 11.3 Å². The minimum atomic E-state index is -0.468. The third kappa shape index (κ3) is 2.92. The van der Waals surface area contributed by atoms with Crippen LogP contribution in [-0.4, -0.2) is 36.0 Å². The highest BCUT2D eigenvalue weighted by Crippen LogP contribution is 2.24. The molecule has 88 valence electrons. The first kappa shape index (κ1) is 12.4. The maximum Gasteiger partial charge on any atom is 0.244 e. The highest BCUT2D eigenvalue weighted by atomic mass is 16.2. The molecule has 1 saturated heterocycles. The monoisotopic (exact) mass is 223 g/mol. The molecule has 0 saturated carbocycles. The molecule has 0 bridgehead atoms. The molecule has 16 heavy (non-hydrogen) atoms. The Morgan fingerprint density at radius 1 is 1.38 bits per heavy atom. The molecule has 1 rings (SSSR count). The molecule has 0 unspecified atom stereocenters. The van der Waals surface area contributed by atoms with E-state index >= 15 is 0 Å². The predicted octanol–water partition coefficient (Wildman–Crippen LogP) is 0.306. The lowest BCUT2D eigenvalue weighted by molar-refractivity contribution is -0.130. The summed E-state index contributed by atoms with van der Waals surface area (Å²) in [6, 6.07) is 0. The minimum absolute atomic E-state index is 0.0649. The Morgan fingerprint density at radius 3 is 2.31 bits per heavy atom. The fourth-order valence-electron chi connectivity index (χ4n) is 2.01. The number of likely N-dealkylation sites (tertiary alicyclic amines) is 1. The van der Waals surface area contributed by atoms with Crippen molar-refractivity contribution in [3.63, 3.8) is 0 Å². The van der Waals surface area contributed by atoms with Gasteiger partial charge in [-0.25, -0.2) is 0 Å². The number of rotatable bonds is 3. The molecule has 0 atom stereocenters. The van der Waals surface area contributed by atoms with E-state index in [1.54, 1.807) is 11.8 Å². The topological polar surface area (TPSA) is 87.2 Å². The molecule has 0 aromatic heterocycles. The van der Waals surface area contributed by atoms with E-state index in [2.05, 4.69) is 0 Å². The average Bonchev–Trinajstić information content (AvgIpc) is 2.25. The zero-order valence-electron chi connectivity index (χ0n) is 9.40. The molecule has 0 aromatic carbocycles. The maximum absolute atomic E-state index is 11.2. The highest BCUT2D eigenvalue weighted by molar-refractivity contribution is 5.96. The maximum atomic E-state index is 11.2. The van der Waals surface area contributed by atoms with Crippen molar-refractivity contribution in [3.05, 3.63) is 11.6 Å². The summed E-state index contributed by atoms with van der Waals surface area (Å²) in [4.78, 5) is 24.1. The summed E-state index contributed by atoms with van der Waals surface area (Å²) in [6.07, 6.45) is 4.01. The van der Waals surface area contributed by atoms with E-state index in [4.69, 9.17) is 11.1 Å². The highest BCUT2D eigenvalue weighted by Gasteiger charge is 2.25. The van der Waals surface area contributed by atoms with Crippen molar-refractivity contribution >= 4 is 18.0 Å². The van der Waals surface area contributed by atoms with Gasteiger partial charge in [0, 0.05) is 31.8 Å². The Kier molecular flexibility index (Phi) is 4.22. The van der Waals surface area contributed by atoms with Gasteiger partial charge in [-0.15, -0.1) is 0 Å². The first-order valence-electron chi connectivity index (χ1n) is 5.32. The van der Waals surface area contributed by atoms with E-state index in [1.807, 2.05) is 0 Å². The van der Waals surface area contributed by atoms with Crippen molar-refractivity contribution in [3.8, 4) is 0 Å². The van der Waals surface area contributed by atoms with Crippen molar-refractivity contribution in [2.75, 3.05) is 13.1 Å². The van der Waals surface area contributed by atoms with Crippen molar-refractivity contribution in [1.29, 1.82) is 5.41 Å². The van der Waals surface area contributed by atoms with Crippen LogP contribution in [0.25, 0.3) is 0 Å². The molecular formula is C11H17N3O2. The van der Waals surface area contributed by atoms with Gasteiger partial charge in [-0.3, -0.25) is 9.59 Å². The molecule has 0 aliphatic carbocycles. The first-order chi connectivity index (χ1) is 7.56. The van der Waals surface area contributed by atoms with Gasteiger partial charge in [-0.05, 0) is 24.8 Å². The molecule has 1 aliphatic rings. The average molecular weight is 223 g/mol. The van der Waals surface area contributed by atoms with Gasteiger partial charge in [0.2, 0.25) is 11.8 Å². The van der Waals surface area contributed by atoms with Crippen molar-refractivity contribution in [2.45, 2.75) is 19.8 Å². The van der Waals surface area contributed by atoms with Gasteiger partial charge in [0.1, 0.15) is 0 Å². The van der Waals surface area contributed by atoms with E-state index < -0.39 is 5.91 Å². The summed E-state index contributed by atoms with van der Waals surface area (Å²) in [5.74, 6) is -0.324. The molecule has 3 N–H and O–H groups in total. The Balaban J connectivity index is 2.64. The third-order valence-electron chi connectivity index (χ3n) is 2.93. The van der Waals surface area contributed by atoms with E-state index in [0.717, 1.165) is 19.1 Å². The Hall–Kier alpha value is -1.65. The minimum Gasteiger partial charge on any atom is -0.366 e. The lowest BCUT2D eigenvalue weighted by Crippen LogP contribution is -2.38. The zero-order chi connectivity index (χ0) is 12.1. The standard InChI is InChI=1S/C11H17N3O2/c1-8(15)14-6-3-9(4-7-14)10(2-5-12)11(13)16/h2,5,9,12H,3-4,6-7H2,1H3,(H2,13,16)/b10-2-,12-5?. The van der Waals surface area contributed by atoms with Gasteiger partial charge in [0.15, 0.2) is 0 Å². The number of carbonyl (C=O) groups excluding carboxylic acids is 2. The number of hydrogen-bond donors (Lipinski definition) is 2. The summed E-state index contributed by atoms with van der Waals surface area (Å²) >= 11 is 0. The van der Waals surface area contributed by atoms with Crippen LogP contribution < -0.4 is 5.73 Å². The summed E-state index contributed by atoms with van der Waals surface area (Å²) in [6.45, 7) is 2.86. The summed E-state index contributed by atoms with van der Waals surface area (Å²) in [5.41, 5.74) is 5.76. The quantitative estimate of drug-likeness (QED) is 0.532. The molecule has 2 amide bonds. The van der Waals surface area contributed by atoms with Crippen molar-refractivity contribution in [2.24, 2.45) is 11.7 Å². The smallest absolute Gasteiger partial charge is 0.244 e. The number of nitrogens with one attached hydrogen (secondary N) is 1. The van der Waals surface area contributed by atoms with Crippen molar-refractivity contribution < 1.29 is 9.59 Å². The Bertz CT molecular complexity index is 328. The SMILES string of the molecule is CC(=O)N1CCC(/C(=C/C=N)C(N)=O)CC1. The van der Waals surface area contributed by atoms with E-state index in [0.29, 0.717) is 18.7 Å². The predicted molar refractivity (Wildman–Crippen MR) is 61.0 cm³/mol. The molecule has 0 aromatic rings. The molecule has 0 spiro atoms. The largest absolute Gasteiger partial charge is 0.366 e. The number of primary amides is 1. The zero-order valence-corrected chi connectivity index (χ0v) is 9.40. The summed E-state index contributed by atoms with van der Waals surface area (Å²) in [5, 5.41) is 6.98. The van der Waals surface area contributed by atoms with Crippen LogP contribution in [0.1, 0.15) is 19.8 Å². The summed E-state index contributed by atoms with van der Waals surface area (Å²) in [7, 11) is 0. The number of piperidine rings is 1. The number of nitrogens with two attached hydrogens (primary N) is 1. The van der Waals surface area contributed by atoms with Gasteiger partial charge in [0.25, 0.3) is 0 Å². The second-order valence-corrected chi connectivity index (χ2v) is 3.93. The lowest BCUT2D eigenvalue weighted by Gasteiger charge is -2.31. The van der Waals surface area contributed by atoms with Gasteiger partial charge >= 0.3 is 0 Å². The molecule has 1 heterocycles. The van der Waals surface area contributed by atoms with Crippen LogP contribution in [0.2, 0.25) is 0 Å². The van der Waals surface area contributed by atoms with Crippen LogP contribution in [0.5, 0.6) is 0 Å². The molecule has 1 aliphatic heterocycles. The number of hydrogen-bond acceptors (Lipinski definition) is 3. The fraction of sp³-hybridized carbons (Fsp3) is 0.545. The summed E-state index contributed by atoms with van der Waals surface area (Å²) < 4.78 is 0. The van der Waals surface area contributed by atoms with Crippen LogP contribution >= 0.6 is 0 Å². The van der Waals surface area contributed by atoms with Gasteiger partial charge < -0.3 is 16.0 Å².